The van der Waals surface area contributed by atoms with Gasteiger partial charge in [0.2, 0.25) is 5.89 Å². The summed E-state index contributed by atoms with van der Waals surface area (Å²) in [5, 5.41) is 2.85. The largest absolute Gasteiger partial charge is 0.497 e. The number of likely N-dealkylation sites (N-methyl/N-ethyl adjacent to an activating group) is 1. The van der Waals surface area contributed by atoms with Crippen LogP contribution in [0.5, 0.6) is 5.75 Å². The fourth-order valence-corrected chi connectivity index (χ4v) is 2.90. The predicted molar refractivity (Wildman–Crippen MR) is 103 cm³/mol. The van der Waals surface area contributed by atoms with Gasteiger partial charge in [-0.15, -0.1) is 0 Å². The van der Waals surface area contributed by atoms with E-state index in [2.05, 4.69) is 27.3 Å². The van der Waals surface area contributed by atoms with Gasteiger partial charge in [-0.2, -0.15) is 0 Å². The lowest BCUT2D eigenvalue weighted by atomic mass is 10.2. The van der Waals surface area contributed by atoms with Crippen LogP contribution < -0.4 is 10.1 Å². The molecule has 1 amide bonds. The Morgan fingerprint density at radius 2 is 2.15 bits per heavy atom. The summed E-state index contributed by atoms with van der Waals surface area (Å²) >= 11 is 0. The third-order valence-electron chi connectivity index (χ3n) is 4.55. The normalized spacial score (nSPS) is 14.0. The number of ether oxygens (including phenoxy) is 1. The molecule has 0 unspecified atom stereocenters. The van der Waals surface area contributed by atoms with Crippen LogP contribution in [0.3, 0.4) is 0 Å². The molecule has 0 atom stereocenters. The molecule has 27 heavy (non-hydrogen) atoms. The number of rotatable bonds is 10. The maximum Gasteiger partial charge on any atom is 0.273 e. The Morgan fingerprint density at radius 3 is 2.85 bits per heavy atom. The molecule has 0 bridgehead atoms. The van der Waals surface area contributed by atoms with Crippen LogP contribution in [0.4, 0.5) is 0 Å². The highest BCUT2D eigenvalue weighted by Crippen LogP contribution is 2.30. The van der Waals surface area contributed by atoms with Gasteiger partial charge in [0, 0.05) is 25.7 Å². The fraction of sp³-hybridized carbons (Fsp3) is 0.500. The van der Waals surface area contributed by atoms with Crippen LogP contribution in [0.25, 0.3) is 0 Å². The number of hydrogen-bond acceptors (Lipinski definition) is 6. The van der Waals surface area contributed by atoms with E-state index >= 15 is 0 Å². The van der Waals surface area contributed by atoms with Crippen molar-refractivity contribution < 1.29 is 13.9 Å². The highest BCUT2D eigenvalue weighted by Gasteiger charge is 2.30. The van der Waals surface area contributed by atoms with Crippen molar-refractivity contribution in [3.63, 3.8) is 0 Å². The summed E-state index contributed by atoms with van der Waals surface area (Å²) in [6.07, 6.45) is 3.81. The lowest BCUT2D eigenvalue weighted by Gasteiger charge is -2.20. The molecule has 0 saturated heterocycles. The summed E-state index contributed by atoms with van der Waals surface area (Å²) in [4.78, 5) is 20.9. The molecule has 1 saturated carbocycles. The quantitative estimate of drug-likeness (QED) is 0.689. The lowest BCUT2D eigenvalue weighted by molar-refractivity contribution is 0.0946. The number of oxazole rings is 1. The summed E-state index contributed by atoms with van der Waals surface area (Å²) < 4.78 is 10.9. The second-order valence-corrected chi connectivity index (χ2v) is 7.17. The number of aromatic nitrogens is 1. The molecular formula is C20H28N4O3. The van der Waals surface area contributed by atoms with Crippen molar-refractivity contribution in [1.29, 1.82) is 0 Å². The van der Waals surface area contributed by atoms with Crippen LogP contribution in [0.15, 0.2) is 34.9 Å². The number of nitrogens with one attached hydrogen (secondary N) is 1. The van der Waals surface area contributed by atoms with Crippen molar-refractivity contribution in [2.24, 2.45) is 0 Å². The molecule has 1 aromatic heterocycles. The minimum Gasteiger partial charge on any atom is -0.497 e. The zero-order chi connectivity index (χ0) is 19.2. The van der Waals surface area contributed by atoms with Gasteiger partial charge in [-0.1, -0.05) is 12.1 Å². The zero-order valence-corrected chi connectivity index (χ0v) is 16.3. The molecule has 1 aliphatic carbocycles. The highest BCUT2D eigenvalue weighted by molar-refractivity contribution is 5.91. The van der Waals surface area contributed by atoms with E-state index in [4.69, 9.17) is 9.15 Å². The first-order valence-electron chi connectivity index (χ1n) is 9.29. The number of benzene rings is 1. The minimum absolute atomic E-state index is 0.197. The Labute approximate surface area is 160 Å². The van der Waals surface area contributed by atoms with E-state index in [0.717, 1.165) is 18.8 Å². The van der Waals surface area contributed by atoms with Gasteiger partial charge in [-0.3, -0.25) is 9.69 Å². The van der Waals surface area contributed by atoms with Crippen molar-refractivity contribution in [2.45, 2.75) is 32.0 Å². The maximum absolute atomic E-state index is 12.2. The van der Waals surface area contributed by atoms with E-state index < -0.39 is 0 Å². The number of methoxy groups -OCH3 is 1. The van der Waals surface area contributed by atoms with Crippen LogP contribution in [-0.4, -0.2) is 61.0 Å². The first-order valence-corrected chi connectivity index (χ1v) is 9.29. The van der Waals surface area contributed by atoms with Crippen molar-refractivity contribution in [3.8, 4) is 5.75 Å². The van der Waals surface area contributed by atoms with Crippen LogP contribution in [0.2, 0.25) is 0 Å². The fourth-order valence-electron chi connectivity index (χ4n) is 2.90. The third kappa shape index (κ3) is 5.80. The Balaban J connectivity index is 1.59. The van der Waals surface area contributed by atoms with E-state index in [0.29, 0.717) is 30.7 Å². The molecule has 0 spiro atoms. The Kier molecular flexibility index (Phi) is 6.47. The Hall–Kier alpha value is -2.38. The Morgan fingerprint density at radius 1 is 1.33 bits per heavy atom. The number of hydrogen-bond donors (Lipinski definition) is 1. The van der Waals surface area contributed by atoms with Crippen LogP contribution in [0.1, 0.15) is 34.8 Å². The highest BCUT2D eigenvalue weighted by atomic mass is 16.5. The number of carbonyl (C=O) groups is 1. The van der Waals surface area contributed by atoms with E-state index in [9.17, 15) is 4.79 Å². The average Bonchev–Trinajstić information content (AvgIpc) is 3.40. The molecule has 1 fully saturated rings. The van der Waals surface area contributed by atoms with E-state index in [-0.39, 0.29) is 5.91 Å². The molecule has 0 radical (unpaired) electrons. The maximum atomic E-state index is 12.2. The molecule has 1 aromatic carbocycles. The molecule has 2 aromatic rings. The second-order valence-electron chi connectivity index (χ2n) is 7.17. The summed E-state index contributed by atoms with van der Waals surface area (Å²) in [5.41, 5.74) is 1.52. The summed E-state index contributed by atoms with van der Waals surface area (Å²) in [5.74, 6) is 1.23. The summed E-state index contributed by atoms with van der Waals surface area (Å²) in [6, 6.07) is 8.63. The van der Waals surface area contributed by atoms with Gasteiger partial charge in [-0.25, -0.2) is 4.98 Å². The molecule has 0 aliphatic heterocycles. The van der Waals surface area contributed by atoms with Gasteiger partial charge in [0.1, 0.15) is 12.0 Å². The smallest absolute Gasteiger partial charge is 0.273 e. The minimum atomic E-state index is -0.197. The summed E-state index contributed by atoms with van der Waals surface area (Å²) in [7, 11) is 5.61. The lowest BCUT2D eigenvalue weighted by Crippen LogP contribution is -2.31. The number of nitrogens with zero attached hydrogens (tertiary/aromatic N) is 3. The van der Waals surface area contributed by atoms with E-state index in [1.54, 1.807) is 7.11 Å². The molecular weight excluding hydrogens is 344 g/mol. The van der Waals surface area contributed by atoms with Crippen LogP contribution >= 0.6 is 0 Å². The van der Waals surface area contributed by atoms with E-state index in [1.165, 1.54) is 24.7 Å². The molecule has 1 aliphatic rings. The average molecular weight is 372 g/mol. The van der Waals surface area contributed by atoms with E-state index in [1.807, 2.05) is 31.1 Å². The van der Waals surface area contributed by atoms with Crippen molar-refractivity contribution in [2.75, 3.05) is 34.3 Å². The SMILES string of the molecule is COc1cccc(CN(Cc2nc(C(=O)NCCN(C)C)co2)C2CC2)c1. The first-order chi connectivity index (χ1) is 13.0. The molecule has 7 heteroatoms. The van der Waals surface area contributed by atoms with Gasteiger partial charge in [0.15, 0.2) is 5.69 Å². The molecule has 3 rings (SSSR count). The summed E-state index contributed by atoms with van der Waals surface area (Å²) in [6.45, 7) is 2.76. The van der Waals surface area contributed by atoms with Gasteiger partial charge >= 0.3 is 0 Å². The molecule has 1 N–H and O–H groups in total. The predicted octanol–water partition coefficient (Wildman–Crippen LogP) is 2.14. The number of amides is 1. The number of carbonyl (C=O) groups excluding carboxylic acids is 1. The van der Waals surface area contributed by atoms with Gasteiger partial charge in [0.25, 0.3) is 5.91 Å². The third-order valence-corrected chi connectivity index (χ3v) is 4.55. The monoisotopic (exact) mass is 372 g/mol. The van der Waals surface area contributed by atoms with Gasteiger partial charge < -0.3 is 19.4 Å². The topological polar surface area (TPSA) is 70.8 Å². The van der Waals surface area contributed by atoms with Crippen LogP contribution in [0, 0.1) is 0 Å². The van der Waals surface area contributed by atoms with Crippen molar-refractivity contribution >= 4 is 5.91 Å². The zero-order valence-electron chi connectivity index (χ0n) is 16.3. The first kappa shape index (κ1) is 19.4. The standard InChI is InChI=1S/C20H28N4O3/c1-23(2)10-9-21-20(25)18-14-27-19(22-18)13-24(16-7-8-16)12-15-5-4-6-17(11-15)26-3/h4-6,11,14,16H,7-10,12-13H2,1-3H3,(H,21,25). The Bertz CT molecular complexity index is 755. The van der Waals surface area contributed by atoms with Crippen molar-refractivity contribution in [1.82, 2.24) is 20.1 Å². The molecule has 7 nitrogen and oxygen atoms in total. The molecule has 146 valence electrons. The second kappa shape index (κ2) is 9.01. The van der Waals surface area contributed by atoms with Gasteiger partial charge in [0.05, 0.1) is 13.7 Å². The molecule has 1 heterocycles. The van der Waals surface area contributed by atoms with Crippen LogP contribution in [-0.2, 0) is 13.1 Å². The van der Waals surface area contributed by atoms with Gasteiger partial charge in [-0.05, 0) is 44.6 Å². The van der Waals surface area contributed by atoms with Crippen molar-refractivity contribution in [3.05, 3.63) is 47.7 Å².